The Morgan fingerprint density at radius 2 is 2.12 bits per heavy atom. The van der Waals surface area contributed by atoms with E-state index in [9.17, 15) is 9.59 Å². The number of thiophene rings is 1. The van der Waals surface area contributed by atoms with Crippen molar-refractivity contribution in [1.82, 2.24) is 14.1 Å². The first-order chi connectivity index (χ1) is 11.9. The molecule has 3 rings (SSSR count). The quantitative estimate of drug-likeness (QED) is 0.374. The Labute approximate surface area is 154 Å². The van der Waals surface area contributed by atoms with E-state index in [1.165, 1.54) is 27.7 Å². The number of thioether (sulfide) groups is 1. The predicted molar refractivity (Wildman–Crippen MR) is 104 cm³/mol. The minimum absolute atomic E-state index is 0.0673. The van der Waals surface area contributed by atoms with E-state index >= 15 is 0 Å². The largest absolute Gasteiger partial charge is 0.348 e. The average Bonchev–Trinajstić information content (AvgIpc) is 3.16. The minimum Gasteiger partial charge on any atom is -0.348 e. The Kier molecular flexibility index (Phi) is 5.15. The van der Waals surface area contributed by atoms with E-state index in [1.54, 1.807) is 13.1 Å². The molecule has 0 aliphatic carbocycles. The van der Waals surface area contributed by atoms with Gasteiger partial charge in [0.15, 0.2) is 10.9 Å². The van der Waals surface area contributed by atoms with Gasteiger partial charge in [-0.2, -0.15) is 0 Å². The average molecular weight is 376 g/mol. The molecule has 0 aromatic carbocycles. The highest BCUT2D eigenvalue weighted by Gasteiger charge is 2.17. The van der Waals surface area contributed by atoms with Gasteiger partial charge < -0.3 is 4.57 Å². The van der Waals surface area contributed by atoms with Gasteiger partial charge in [0.1, 0.15) is 4.83 Å². The number of hydrogen-bond acceptors (Lipinski definition) is 5. The van der Waals surface area contributed by atoms with Crippen LogP contribution in [0.2, 0.25) is 0 Å². The molecule has 0 unspecified atom stereocenters. The molecule has 0 saturated carbocycles. The molecule has 7 heteroatoms. The first-order valence-electron chi connectivity index (χ1n) is 8.21. The van der Waals surface area contributed by atoms with Crippen molar-refractivity contribution in [2.45, 2.75) is 38.9 Å². The van der Waals surface area contributed by atoms with Crippen LogP contribution in [0.4, 0.5) is 0 Å². The molecule has 0 bridgehead atoms. The second kappa shape index (κ2) is 7.17. The van der Waals surface area contributed by atoms with E-state index in [0.717, 1.165) is 34.7 Å². The van der Waals surface area contributed by atoms with E-state index in [0.29, 0.717) is 10.5 Å². The van der Waals surface area contributed by atoms with Crippen molar-refractivity contribution >= 4 is 39.1 Å². The van der Waals surface area contributed by atoms with E-state index in [4.69, 9.17) is 0 Å². The second-order valence-corrected chi connectivity index (χ2v) is 7.88. The van der Waals surface area contributed by atoms with E-state index in [2.05, 4.69) is 16.5 Å². The highest BCUT2D eigenvalue weighted by molar-refractivity contribution is 7.99. The Hall–Kier alpha value is -1.86. The molecule has 0 aliphatic heterocycles. The van der Waals surface area contributed by atoms with Gasteiger partial charge in [-0.3, -0.25) is 14.2 Å². The molecule has 0 spiro atoms. The number of fused-ring (bicyclic) bond motifs is 1. The van der Waals surface area contributed by atoms with Crippen molar-refractivity contribution in [2.75, 3.05) is 5.75 Å². The van der Waals surface area contributed by atoms with Crippen LogP contribution in [0.5, 0.6) is 0 Å². The molecule has 0 N–H and O–H groups in total. The van der Waals surface area contributed by atoms with Crippen LogP contribution in [0.25, 0.3) is 10.2 Å². The van der Waals surface area contributed by atoms with Crippen LogP contribution in [0, 0.1) is 13.8 Å². The number of rotatable bonds is 6. The summed E-state index contributed by atoms with van der Waals surface area (Å²) in [5.41, 5.74) is 2.82. The topological polar surface area (TPSA) is 56.9 Å². The van der Waals surface area contributed by atoms with Crippen molar-refractivity contribution < 1.29 is 4.79 Å². The van der Waals surface area contributed by atoms with Gasteiger partial charge in [0, 0.05) is 30.5 Å². The van der Waals surface area contributed by atoms with Crippen LogP contribution >= 0.6 is 23.1 Å². The normalized spacial score (nSPS) is 11.4. The summed E-state index contributed by atoms with van der Waals surface area (Å²) in [6.07, 6.45) is 1.03. The Balaban J connectivity index is 1.82. The molecular formula is C18H21N3O2S2. The van der Waals surface area contributed by atoms with Gasteiger partial charge in [0.2, 0.25) is 0 Å². The van der Waals surface area contributed by atoms with Gasteiger partial charge in [-0.1, -0.05) is 18.7 Å². The van der Waals surface area contributed by atoms with Gasteiger partial charge >= 0.3 is 0 Å². The number of hydrogen-bond donors (Lipinski definition) is 0. The third kappa shape index (κ3) is 3.30. The molecule has 3 heterocycles. The highest BCUT2D eigenvalue weighted by Crippen LogP contribution is 2.23. The van der Waals surface area contributed by atoms with Crippen LogP contribution in [0.15, 0.2) is 27.5 Å². The summed E-state index contributed by atoms with van der Waals surface area (Å²) in [5.74, 6) is 0.342. The van der Waals surface area contributed by atoms with Crippen LogP contribution in [0.1, 0.15) is 35.1 Å². The zero-order valence-electron chi connectivity index (χ0n) is 14.8. The van der Waals surface area contributed by atoms with Gasteiger partial charge in [0.05, 0.1) is 11.1 Å². The smallest absolute Gasteiger partial charge is 0.262 e. The van der Waals surface area contributed by atoms with E-state index < -0.39 is 0 Å². The van der Waals surface area contributed by atoms with Crippen LogP contribution in [-0.4, -0.2) is 25.7 Å². The lowest BCUT2D eigenvalue weighted by molar-refractivity contribution is 0.102. The lowest BCUT2D eigenvalue weighted by Gasteiger charge is -2.08. The fourth-order valence-electron chi connectivity index (χ4n) is 2.97. The summed E-state index contributed by atoms with van der Waals surface area (Å²) in [4.78, 5) is 30.2. The lowest BCUT2D eigenvalue weighted by atomic mass is 10.2. The van der Waals surface area contributed by atoms with Gasteiger partial charge in [0.25, 0.3) is 5.56 Å². The summed E-state index contributed by atoms with van der Waals surface area (Å²) in [7, 11) is 1.70. The maximum absolute atomic E-state index is 12.7. The third-order valence-electron chi connectivity index (χ3n) is 4.32. The third-order valence-corrected chi connectivity index (χ3v) is 6.15. The molecular weight excluding hydrogens is 354 g/mol. The predicted octanol–water partition coefficient (Wildman–Crippen LogP) is 3.80. The van der Waals surface area contributed by atoms with Gasteiger partial charge in [-0.05, 0) is 37.8 Å². The molecule has 132 valence electrons. The van der Waals surface area contributed by atoms with Crippen LogP contribution in [0.3, 0.4) is 0 Å². The van der Waals surface area contributed by atoms with E-state index in [1.807, 2.05) is 25.3 Å². The first-order valence-corrected chi connectivity index (χ1v) is 10.1. The second-order valence-electron chi connectivity index (χ2n) is 6.05. The summed E-state index contributed by atoms with van der Waals surface area (Å²) < 4.78 is 3.71. The fourth-order valence-corrected chi connectivity index (χ4v) is 4.63. The molecule has 0 fully saturated rings. The molecule has 0 atom stereocenters. The maximum atomic E-state index is 12.7. The number of carbonyl (C=O) groups excluding carboxylic acids is 1. The molecule has 0 saturated heterocycles. The monoisotopic (exact) mass is 375 g/mol. The Morgan fingerprint density at radius 1 is 1.36 bits per heavy atom. The van der Waals surface area contributed by atoms with Gasteiger partial charge in [-0.15, -0.1) is 11.3 Å². The summed E-state index contributed by atoms with van der Waals surface area (Å²) in [6, 6.07) is 3.75. The fraction of sp³-hybridized carbons (Fsp3) is 0.389. The Bertz CT molecular complexity index is 998. The summed E-state index contributed by atoms with van der Waals surface area (Å²) in [6.45, 7) is 7.07. The van der Waals surface area contributed by atoms with E-state index in [-0.39, 0.29) is 17.1 Å². The number of aryl methyl sites for hydroxylation is 1. The van der Waals surface area contributed by atoms with Crippen molar-refractivity contribution in [1.29, 1.82) is 0 Å². The molecule has 0 amide bonds. The Morgan fingerprint density at radius 3 is 2.84 bits per heavy atom. The molecule has 5 nitrogen and oxygen atoms in total. The van der Waals surface area contributed by atoms with Crippen LogP contribution < -0.4 is 5.56 Å². The zero-order valence-corrected chi connectivity index (χ0v) is 16.5. The lowest BCUT2D eigenvalue weighted by Crippen LogP contribution is -2.19. The first kappa shape index (κ1) is 17.9. The van der Waals surface area contributed by atoms with Crippen molar-refractivity contribution in [3.8, 4) is 0 Å². The minimum atomic E-state index is -0.0673. The zero-order chi connectivity index (χ0) is 18.1. The van der Waals surface area contributed by atoms with Crippen LogP contribution in [-0.2, 0) is 13.6 Å². The maximum Gasteiger partial charge on any atom is 0.262 e. The number of aromatic nitrogens is 3. The molecule has 25 heavy (non-hydrogen) atoms. The standard InChI is InChI=1S/C18H21N3O2S2/c1-5-7-21-11(2)9-14(12(21)3)15(22)10-25-18-19-16-13(6-8-24-16)17(23)20(18)4/h6,8-9H,5,7,10H2,1-4H3. The van der Waals surface area contributed by atoms with Crippen molar-refractivity contribution in [3.05, 3.63) is 44.8 Å². The SMILES string of the molecule is CCCn1c(C)cc(C(=O)CSc2nc3sccc3c(=O)n2C)c1C. The molecule has 0 radical (unpaired) electrons. The highest BCUT2D eigenvalue weighted by atomic mass is 32.2. The van der Waals surface area contributed by atoms with Crippen molar-refractivity contribution in [2.24, 2.45) is 7.05 Å². The molecule has 0 aliphatic rings. The summed E-state index contributed by atoms with van der Waals surface area (Å²) in [5, 5.41) is 3.07. The summed E-state index contributed by atoms with van der Waals surface area (Å²) >= 11 is 2.76. The number of ketones is 1. The number of carbonyl (C=O) groups is 1. The molecule has 3 aromatic rings. The number of nitrogens with zero attached hydrogens (tertiary/aromatic N) is 3. The van der Waals surface area contributed by atoms with Crippen molar-refractivity contribution in [3.63, 3.8) is 0 Å². The number of Topliss-reactive ketones (excluding diaryl/α,β-unsaturated/α-hetero) is 1. The molecule has 3 aromatic heterocycles. The van der Waals surface area contributed by atoms with Gasteiger partial charge in [-0.25, -0.2) is 4.98 Å².